The molecule has 0 saturated heterocycles. The summed E-state index contributed by atoms with van der Waals surface area (Å²) in [7, 11) is 0. The first-order valence-corrected chi connectivity index (χ1v) is 7.51. The fraction of sp³-hybridized carbons (Fsp3) is 0.188. The smallest absolute Gasteiger partial charge is 0.251 e. The third-order valence-corrected chi connectivity index (χ3v) is 4.43. The number of phenols is 1. The van der Waals surface area contributed by atoms with Gasteiger partial charge in [0.15, 0.2) is 0 Å². The predicted octanol–water partition coefficient (Wildman–Crippen LogP) is 3.15. The fourth-order valence-corrected chi connectivity index (χ4v) is 2.93. The average Bonchev–Trinajstić information content (AvgIpc) is 2.84. The van der Waals surface area contributed by atoms with E-state index >= 15 is 0 Å². The van der Waals surface area contributed by atoms with Crippen molar-refractivity contribution < 1.29 is 9.90 Å². The normalized spacial score (nSPS) is 16.5. The van der Waals surface area contributed by atoms with E-state index in [0.717, 1.165) is 24.1 Å². The molecule has 5 heteroatoms. The van der Waals surface area contributed by atoms with E-state index in [9.17, 15) is 9.90 Å². The summed E-state index contributed by atoms with van der Waals surface area (Å²) in [6, 6.07) is 10.6. The molecule has 4 nitrogen and oxygen atoms in total. The van der Waals surface area contributed by atoms with Gasteiger partial charge in [0.2, 0.25) is 0 Å². The molecule has 0 bridgehead atoms. The van der Waals surface area contributed by atoms with Crippen LogP contribution in [0.5, 0.6) is 5.75 Å². The Morgan fingerprint density at radius 2 is 2.10 bits per heavy atom. The summed E-state index contributed by atoms with van der Waals surface area (Å²) in [6.07, 6.45) is 1.78. The van der Waals surface area contributed by atoms with Crippen LogP contribution in [0.1, 0.15) is 33.9 Å². The minimum Gasteiger partial charge on any atom is -0.507 e. The zero-order valence-corrected chi connectivity index (χ0v) is 12.9. The van der Waals surface area contributed by atoms with Crippen LogP contribution in [0.4, 0.5) is 5.69 Å². The number of halogens is 1. The second kappa shape index (κ2) is 5.41. The Kier molecular flexibility index (Phi) is 3.59. The average molecular weight is 347 g/mol. The fourth-order valence-electron chi connectivity index (χ4n) is 2.68. The van der Waals surface area contributed by atoms with Gasteiger partial charge in [0.1, 0.15) is 5.75 Å². The Labute approximate surface area is 131 Å². The van der Waals surface area contributed by atoms with Crippen LogP contribution in [0.25, 0.3) is 0 Å². The van der Waals surface area contributed by atoms with Crippen LogP contribution in [0.15, 0.2) is 40.9 Å². The van der Waals surface area contributed by atoms with Crippen LogP contribution in [0.3, 0.4) is 0 Å². The van der Waals surface area contributed by atoms with Gasteiger partial charge in [-0.1, -0.05) is 6.07 Å². The van der Waals surface area contributed by atoms with Crippen molar-refractivity contribution in [2.45, 2.75) is 18.9 Å². The van der Waals surface area contributed by atoms with Crippen molar-refractivity contribution in [2.24, 2.45) is 0 Å². The van der Waals surface area contributed by atoms with Gasteiger partial charge in [-0.05, 0) is 70.2 Å². The lowest BCUT2D eigenvalue weighted by atomic mass is 10.1. The standard InChI is InChI=1S/C16H15BrN2O2/c17-13-5-1-10(8-15(13)20)16(21)19-14-6-2-9-7-11(18)3-4-12(9)14/h1,3-5,7-8,14,20H,2,6,18H2,(H,19,21). The molecule has 0 radical (unpaired) electrons. The topological polar surface area (TPSA) is 75.3 Å². The summed E-state index contributed by atoms with van der Waals surface area (Å²) in [4.78, 5) is 12.3. The number of amides is 1. The van der Waals surface area contributed by atoms with Crippen molar-refractivity contribution in [1.82, 2.24) is 5.32 Å². The molecule has 0 fully saturated rings. The molecule has 0 aromatic heterocycles. The molecule has 1 atom stereocenters. The van der Waals surface area contributed by atoms with Gasteiger partial charge in [0.25, 0.3) is 5.91 Å². The molecule has 0 heterocycles. The molecule has 21 heavy (non-hydrogen) atoms. The molecule has 0 aliphatic heterocycles. The van der Waals surface area contributed by atoms with E-state index in [1.807, 2.05) is 18.2 Å². The maximum atomic E-state index is 12.3. The molecule has 0 saturated carbocycles. The SMILES string of the molecule is Nc1ccc2c(c1)CCC2NC(=O)c1ccc(Br)c(O)c1. The molecule has 1 amide bonds. The molecule has 3 rings (SSSR count). The molecule has 1 aliphatic rings. The van der Waals surface area contributed by atoms with Crippen molar-refractivity contribution in [3.63, 3.8) is 0 Å². The summed E-state index contributed by atoms with van der Waals surface area (Å²) in [5.41, 5.74) is 9.29. The van der Waals surface area contributed by atoms with Gasteiger partial charge in [-0.3, -0.25) is 4.79 Å². The highest BCUT2D eigenvalue weighted by atomic mass is 79.9. The number of anilines is 1. The molecule has 0 spiro atoms. The summed E-state index contributed by atoms with van der Waals surface area (Å²) in [5.74, 6) is -0.130. The van der Waals surface area contributed by atoms with Crippen LogP contribution in [-0.2, 0) is 6.42 Å². The highest BCUT2D eigenvalue weighted by Crippen LogP contribution is 2.33. The number of aromatic hydroxyl groups is 1. The van der Waals surface area contributed by atoms with Gasteiger partial charge < -0.3 is 16.2 Å². The van der Waals surface area contributed by atoms with Crippen molar-refractivity contribution in [2.75, 3.05) is 5.73 Å². The molecule has 4 N–H and O–H groups in total. The molecule has 1 unspecified atom stereocenters. The second-order valence-electron chi connectivity index (χ2n) is 5.19. The first-order chi connectivity index (χ1) is 10.0. The Morgan fingerprint density at radius 3 is 2.86 bits per heavy atom. The van der Waals surface area contributed by atoms with E-state index in [0.29, 0.717) is 10.0 Å². The summed E-state index contributed by atoms with van der Waals surface area (Å²) in [5, 5.41) is 12.7. The largest absolute Gasteiger partial charge is 0.507 e. The van der Waals surface area contributed by atoms with Crippen LogP contribution >= 0.6 is 15.9 Å². The van der Waals surface area contributed by atoms with Crippen molar-refractivity contribution in [1.29, 1.82) is 0 Å². The van der Waals surface area contributed by atoms with Gasteiger partial charge >= 0.3 is 0 Å². The van der Waals surface area contributed by atoms with E-state index in [-0.39, 0.29) is 17.7 Å². The number of phenolic OH excluding ortho intramolecular Hbond substituents is 1. The number of nitrogens with one attached hydrogen (secondary N) is 1. The van der Waals surface area contributed by atoms with Crippen LogP contribution in [0.2, 0.25) is 0 Å². The number of fused-ring (bicyclic) bond motifs is 1. The van der Waals surface area contributed by atoms with Crippen LogP contribution in [0, 0.1) is 0 Å². The van der Waals surface area contributed by atoms with E-state index in [2.05, 4.69) is 21.2 Å². The number of nitrogen functional groups attached to an aromatic ring is 1. The number of carbonyl (C=O) groups is 1. The number of carbonyl (C=O) groups excluding carboxylic acids is 1. The van der Waals surface area contributed by atoms with E-state index in [1.54, 1.807) is 12.1 Å². The van der Waals surface area contributed by atoms with Crippen molar-refractivity contribution in [3.05, 3.63) is 57.6 Å². The van der Waals surface area contributed by atoms with Crippen molar-refractivity contribution >= 4 is 27.5 Å². The Bertz CT molecular complexity index is 715. The second-order valence-corrected chi connectivity index (χ2v) is 6.04. The monoisotopic (exact) mass is 346 g/mol. The molecule has 108 valence electrons. The van der Waals surface area contributed by atoms with Crippen molar-refractivity contribution in [3.8, 4) is 5.75 Å². The lowest BCUT2D eigenvalue weighted by Gasteiger charge is -2.14. The van der Waals surface area contributed by atoms with Gasteiger partial charge in [-0.25, -0.2) is 0 Å². The number of aryl methyl sites for hydroxylation is 1. The molecular weight excluding hydrogens is 332 g/mol. The Balaban J connectivity index is 1.79. The molecule has 1 aliphatic carbocycles. The molecular formula is C16H15BrN2O2. The van der Waals surface area contributed by atoms with E-state index in [1.165, 1.54) is 11.6 Å². The number of benzene rings is 2. The number of rotatable bonds is 2. The quantitative estimate of drug-likeness (QED) is 0.731. The summed E-state index contributed by atoms with van der Waals surface area (Å²) >= 11 is 3.20. The predicted molar refractivity (Wildman–Crippen MR) is 85.2 cm³/mol. The Hall–Kier alpha value is -2.01. The number of hydrogen-bond acceptors (Lipinski definition) is 3. The van der Waals surface area contributed by atoms with E-state index < -0.39 is 0 Å². The maximum Gasteiger partial charge on any atom is 0.251 e. The lowest BCUT2D eigenvalue weighted by molar-refractivity contribution is 0.0936. The van der Waals surface area contributed by atoms with Crippen LogP contribution in [-0.4, -0.2) is 11.0 Å². The highest BCUT2D eigenvalue weighted by Gasteiger charge is 2.24. The first-order valence-electron chi connectivity index (χ1n) is 6.72. The number of hydrogen-bond donors (Lipinski definition) is 3. The lowest BCUT2D eigenvalue weighted by Crippen LogP contribution is -2.27. The molecule has 2 aromatic rings. The third kappa shape index (κ3) is 2.74. The molecule has 2 aromatic carbocycles. The zero-order chi connectivity index (χ0) is 15.0. The third-order valence-electron chi connectivity index (χ3n) is 3.76. The zero-order valence-electron chi connectivity index (χ0n) is 11.3. The van der Waals surface area contributed by atoms with Crippen LogP contribution < -0.4 is 11.1 Å². The van der Waals surface area contributed by atoms with Gasteiger partial charge in [-0.2, -0.15) is 0 Å². The minimum atomic E-state index is -0.188. The summed E-state index contributed by atoms with van der Waals surface area (Å²) in [6.45, 7) is 0. The highest BCUT2D eigenvalue weighted by molar-refractivity contribution is 9.10. The van der Waals surface area contributed by atoms with Gasteiger partial charge in [0, 0.05) is 11.3 Å². The minimum absolute atomic E-state index is 0.00103. The maximum absolute atomic E-state index is 12.3. The van der Waals surface area contributed by atoms with E-state index in [4.69, 9.17) is 5.73 Å². The number of nitrogens with two attached hydrogens (primary N) is 1. The first kappa shape index (κ1) is 13.9. The van der Waals surface area contributed by atoms with Gasteiger partial charge in [0.05, 0.1) is 10.5 Å². The van der Waals surface area contributed by atoms with Gasteiger partial charge in [-0.15, -0.1) is 0 Å². The Morgan fingerprint density at radius 1 is 1.29 bits per heavy atom. The summed E-state index contributed by atoms with van der Waals surface area (Å²) < 4.78 is 0.570.